The number of hydrogen-bond donors (Lipinski definition) is 2. The Morgan fingerprint density at radius 1 is 1.23 bits per heavy atom. The molecule has 11 heteroatoms. The van der Waals surface area contributed by atoms with Gasteiger partial charge in [0.15, 0.2) is 6.61 Å². The van der Waals surface area contributed by atoms with Crippen LogP contribution < -0.4 is 25.8 Å². The quantitative estimate of drug-likeness (QED) is 0.496. The van der Waals surface area contributed by atoms with E-state index < -0.39 is 11.9 Å². The van der Waals surface area contributed by atoms with Crippen LogP contribution in [0.2, 0.25) is 0 Å². The molecule has 1 fully saturated rings. The highest BCUT2D eigenvalue weighted by atomic mass is 19.1. The van der Waals surface area contributed by atoms with Gasteiger partial charge in [-0.3, -0.25) is 19.5 Å². The number of cyclic esters (lactones) is 1. The minimum absolute atomic E-state index is 0.0337. The number of ether oxygens (including phenoxy) is 2. The van der Waals surface area contributed by atoms with E-state index in [1.54, 1.807) is 31.3 Å². The molecule has 0 saturated carbocycles. The second-order valence-corrected chi connectivity index (χ2v) is 8.49. The molecule has 4 heterocycles. The highest BCUT2D eigenvalue weighted by Crippen LogP contribution is 2.33. The molecule has 2 aliphatic heterocycles. The molecule has 2 N–H and O–H groups in total. The van der Waals surface area contributed by atoms with Gasteiger partial charge in [-0.15, -0.1) is 0 Å². The molecule has 3 aromatic rings. The van der Waals surface area contributed by atoms with Gasteiger partial charge >= 0.3 is 6.09 Å². The zero-order valence-corrected chi connectivity index (χ0v) is 19.0. The van der Waals surface area contributed by atoms with E-state index in [0.29, 0.717) is 66.2 Å². The minimum atomic E-state index is -0.467. The van der Waals surface area contributed by atoms with Crippen LogP contribution in [-0.2, 0) is 23.0 Å². The molecule has 35 heavy (non-hydrogen) atoms. The van der Waals surface area contributed by atoms with Crippen molar-refractivity contribution >= 4 is 34.4 Å². The van der Waals surface area contributed by atoms with E-state index in [1.807, 2.05) is 0 Å². The van der Waals surface area contributed by atoms with Gasteiger partial charge in [-0.05, 0) is 43.7 Å². The number of fused-ring (bicyclic) bond motifs is 2. The molecule has 0 unspecified atom stereocenters. The van der Waals surface area contributed by atoms with Crippen LogP contribution in [0.5, 0.6) is 5.75 Å². The number of rotatable bonds is 7. The Kier molecular flexibility index (Phi) is 6.08. The molecule has 0 aliphatic carbocycles. The third-order valence-corrected chi connectivity index (χ3v) is 6.12. The summed E-state index contributed by atoms with van der Waals surface area (Å²) >= 11 is 0. The molecule has 1 atom stereocenters. The fraction of sp³-hybridized carbons (Fsp3) is 0.333. The number of carbonyl (C=O) groups excluding carboxylic acids is 2. The predicted molar refractivity (Wildman–Crippen MR) is 126 cm³/mol. The lowest BCUT2D eigenvalue weighted by Gasteiger charge is -2.20. The third kappa shape index (κ3) is 4.54. The number of halogens is 1. The fourth-order valence-corrected chi connectivity index (χ4v) is 4.37. The number of carbonyl (C=O) groups is 2. The third-order valence-electron chi connectivity index (χ3n) is 6.12. The van der Waals surface area contributed by atoms with Crippen LogP contribution in [0.4, 0.5) is 20.6 Å². The topological polar surface area (TPSA) is 115 Å². The summed E-state index contributed by atoms with van der Waals surface area (Å²) in [6, 6.07) is 8.15. The van der Waals surface area contributed by atoms with Crippen LogP contribution in [0, 0.1) is 5.82 Å². The molecule has 1 aromatic carbocycles. The molecule has 5 rings (SSSR count). The minimum Gasteiger partial charge on any atom is -0.482 e. The van der Waals surface area contributed by atoms with E-state index >= 15 is 0 Å². The van der Waals surface area contributed by atoms with Crippen LogP contribution in [0.3, 0.4) is 0 Å². The number of amides is 2. The van der Waals surface area contributed by atoms with Gasteiger partial charge < -0.3 is 24.7 Å². The first kappa shape index (κ1) is 22.8. The normalized spacial score (nSPS) is 17.2. The number of nitrogens with one attached hydrogen (secondary N) is 2. The lowest BCUT2D eigenvalue weighted by molar-refractivity contribution is -0.118. The van der Waals surface area contributed by atoms with Gasteiger partial charge in [0.05, 0.1) is 29.5 Å². The van der Waals surface area contributed by atoms with Crippen LogP contribution >= 0.6 is 0 Å². The van der Waals surface area contributed by atoms with Crippen molar-refractivity contribution in [3.8, 4) is 5.75 Å². The molecule has 0 spiro atoms. The highest BCUT2D eigenvalue weighted by molar-refractivity contribution is 5.97. The van der Waals surface area contributed by atoms with E-state index in [-0.39, 0.29) is 24.2 Å². The van der Waals surface area contributed by atoms with Gasteiger partial charge in [0.25, 0.3) is 11.5 Å². The maximum Gasteiger partial charge on any atom is 0.414 e. The Hall–Kier alpha value is -3.99. The largest absolute Gasteiger partial charge is 0.482 e. The Morgan fingerprint density at radius 2 is 2.09 bits per heavy atom. The number of aryl methyl sites for hydroxylation is 2. The van der Waals surface area contributed by atoms with Crippen LogP contribution in [0.1, 0.15) is 12.0 Å². The molecule has 2 aliphatic rings. The number of nitrogens with zero attached hydrogens (tertiary/aromatic N) is 3. The molecular formula is C24H24FN5O5. The van der Waals surface area contributed by atoms with Crippen molar-refractivity contribution < 1.29 is 23.5 Å². The number of aromatic nitrogens is 2. The number of anilines is 2. The summed E-state index contributed by atoms with van der Waals surface area (Å²) in [5, 5.41) is 5.98. The van der Waals surface area contributed by atoms with E-state index in [1.165, 1.54) is 21.7 Å². The lowest BCUT2D eigenvalue weighted by atomic mass is 10.1. The maximum atomic E-state index is 14.5. The average Bonchev–Trinajstić information content (AvgIpc) is 3.22. The standard InChI is InChI=1S/C24H24FN5O5/c1-29-22(32)7-5-18-23(29)16(17(25)11-27-18)3-2-8-26-10-15-12-30(24(33)35-15)14-4-6-20-19(9-14)28-21(31)13-34-20/h4-7,9,11,15,26H,2-3,8,10,12-13H2,1H3,(H,28,31)/t15-/m1/s1. The van der Waals surface area contributed by atoms with Crippen molar-refractivity contribution in [2.75, 3.05) is 36.5 Å². The molecule has 2 aromatic heterocycles. The molecule has 182 valence electrons. The van der Waals surface area contributed by atoms with Gasteiger partial charge in [0, 0.05) is 30.9 Å². The van der Waals surface area contributed by atoms with Gasteiger partial charge in [-0.1, -0.05) is 0 Å². The van der Waals surface area contributed by atoms with Crippen molar-refractivity contribution in [3.63, 3.8) is 0 Å². The molecule has 2 amide bonds. The van der Waals surface area contributed by atoms with Crippen LogP contribution in [0.25, 0.3) is 11.0 Å². The first-order valence-electron chi connectivity index (χ1n) is 11.3. The predicted octanol–water partition coefficient (Wildman–Crippen LogP) is 1.95. The second kappa shape index (κ2) is 9.34. The highest BCUT2D eigenvalue weighted by Gasteiger charge is 2.32. The number of pyridine rings is 2. The number of hydrogen-bond acceptors (Lipinski definition) is 7. The van der Waals surface area contributed by atoms with Crippen molar-refractivity contribution in [1.82, 2.24) is 14.9 Å². The monoisotopic (exact) mass is 481 g/mol. The van der Waals surface area contributed by atoms with E-state index in [9.17, 15) is 18.8 Å². The van der Waals surface area contributed by atoms with Gasteiger partial charge in [0.2, 0.25) is 0 Å². The van der Waals surface area contributed by atoms with E-state index in [4.69, 9.17) is 9.47 Å². The van der Waals surface area contributed by atoms with Crippen molar-refractivity contribution in [2.45, 2.75) is 18.9 Å². The summed E-state index contributed by atoms with van der Waals surface area (Å²) in [5.41, 5.74) is 2.44. The Labute approximate surface area is 199 Å². The summed E-state index contributed by atoms with van der Waals surface area (Å²) in [6.45, 7) is 1.32. The zero-order valence-electron chi connectivity index (χ0n) is 19.0. The van der Waals surface area contributed by atoms with E-state index in [0.717, 1.165) is 0 Å². The Morgan fingerprint density at radius 3 is 2.94 bits per heavy atom. The lowest BCUT2D eigenvalue weighted by Crippen LogP contribution is -2.31. The van der Waals surface area contributed by atoms with Crippen molar-refractivity contribution in [2.24, 2.45) is 7.05 Å². The molecule has 0 bridgehead atoms. The van der Waals surface area contributed by atoms with Crippen LogP contribution in [0.15, 0.2) is 41.3 Å². The second-order valence-electron chi connectivity index (χ2n) is 8.49. The first-order chi connectivity index (χ1) is 16.9. The fourth-order valence-electron chi connectivity index (χ4n) is 4.37. The van der Waals surface area contributed by atoms with Gasteiger partial charge in [-0.2, -0.15) is 0 Å². The maximum absolute atomic E-state index is 14.5. The Bertz CT molecular complexity index is 1370. The number of benzene rings is 1. The molecule has 0 radical (unpaired) electrons. The summed E-state index contributed by atoms with van der Waals surface area (Å²) < 4.78 is 26.7. The molecule has 1 saturated heterocycles. The van der Waals surface area contributed by atoms with Crippen molar-refractivity contribution in [3.05, 3.63) is 58.3 Å². The van der Waals surface area contributed by atoms with Crippen LogP contribution in [-0.4, -0.2) is 53.9 Å². The SMILES string of the molecule is Cn1c(=O)ccc2ncc(F)c(CCCNC[C@@H]3CN(c4ccc5c(c4)NC(=O)CO5)C(=O)O3)c21. The molecule has 10 nitrogen and oxygen atoms in total. The van der Waals surface area contributed by atoms with E-state index in [2.05, 4.69) is 15.6 Å². The summed E-state index contributed by atoms with van der Waals surface area (Å²) in [7, 11) is 1.61. The Balaban J connectivity index is 1.15. The van der Waals surface area contributed by atoms with Crippen molar-refractivity contribution in [1.29, 1.82) is 0 Å². The average molecular weight is 481 g/mol. The van der Waals surface area contributed by atoms with Gasteiger partial charge in [-0.25, -0.2) is 9.18 Å². The summed E-state index contributed by atoms with van der Waals surface area (Å²) in [5.74, 6) is -0.133. The first-order valence-corrected chi connectivity index (χ1v) is 11.3. The molecular weight excluding hydrogens is 457 g/mol. The summed E-state index contributed by atoms with van der Waals surface area (Å²) in [4.78, 5) is 41.5. The van der Waals surface area contributed by atoms with Gasteiger partial charge in [0.1, 0.15) is 17.7 Å². The summed E-state index contributed by atoms with van der Waals surface area (Å²) in [6.07, 6.45) is 1.40. The zero-order chi connectivity index (χ0) is 24.5. The smallest absolute Gasteiger partial charge is 0.414 e.